The van der Waals surface area contributed by atoms with Crippen LogP contribution in [-0.2, 0) is 0 Å². The van der Waals surface area contributed by atoms with E-state index in [4.69, 9.17) is 10.2 Å². The van der Waals surface area contributed by atoms with Crippen molar-refractivity contribution < 1.29 is 4.42 Å². The van der Waals surface area contributed by atoms with Crippen LogP contribution >= 0.6 is 34.4 Å². The maximum atomic E-state index is 5.70. The van der Waals surface area contributed by atoms with Gasteiger partial charge in [-0.1, -0.05) is 11.8 Å². The summed E-state index contributed by atoms with van der Waals surface area (Å²) in [4.78, 5) is 2.35. The first-order chi connectivity index (χ1) is 7.16. The van der Waals surface area contributed by atoms with Gasteiger partial charge < -0.3 is 10.2 Å². The second-order valence-electron chi connectivity index (χ2n) is 3.13. The van der Waals surface area contributed by atoms with E-state index in [9.17, 15) is 0 Å². The van der Waals surface area contributed by atoms with E-state index in [1.54, 1.807) is 18.0 Å². The average molecular weight is 331 g/mol. The molecule has 4 heteroatoms. The number of halogens is 1. The molecule has 0 bridgehead atoms. The zero-order valence-corrected chi connectivity index (χ0v) is 11.1. The van der Waals surface area contributed by atoms with Crippen LogP contribution in [0.15, 0.2) is 44.7 Å². The number of hydrogen-bond donors (Lipinski definition) is 1. The number of nitrogen functional groups attached to an aromatic ring is 1. The molecule has 0 aliphatic rings. The number of hydrogen-bond acceptors (Lipinski definition) is 3. The average Bonchev–Trinajstić information content (AvgIpc) is 2.57. The van der Waals surface area contributed by atoms with Gasteiger partial charge in [-0.25, -0.2) is 0 Å². The summed E-state index contributed by atoms with van der Waals surface area (Å²) in [5.41, 5.74) is 6.50. The maximum Gasteiger partial charge on any atom is 0.114 e. The lowest BCUT2D eigenvalue weighted by Gasteiger charge is -2.03. The summed E-state index contributed by atoms with van der Waals surface area (Å²) in [6, 6.07) is 7.90. The molecule has 1 aromatic heterocycles. The SMILES string of the molecule is Cc1occc1Sc1ccc(N)cc1I. The molecule has 78 valence electrons. The number of anilines is 1. The molecule has 0 atom stereocenters. The molecule has 2 nitrogen and oxygen atoms in total. The summed E-state index contributed by atoms with van der Waals surface area (Å²) in [6.45, 7) is 1.96. The Bertz CT molecular complexity index is 481. The zero-order valence-electron chi connectivity index (χ0n) is 8.16. The Kier molecular flexibility index (Phi) is 3.25. The highest BCUT2D eigenvalue weighted by Crippen LogP contribution is 2.34. The standard InChI is InChI=1S/C11H10INOS/c1-7-10(4-5-14-7)15-11-3-2-8(13)6-9(11)12/h2-6H,13H2,1H3. The van der Waals surface area contributed by atoms with Gasteiger partial charge in [0.05, 0.1) is 11.2 Å². The van der Waals surface area contributed by atoms with Gasteiger partial charge in [0, 0.05) is 14.2 Å². The Morgan fingerprint density at radius 3 is 2.67 bits per heavy atom. The molecule has 2 aromatic rings. The van der Waals surface area contributed by atoms with Gasteiger partial charge in [-0.3, -0.25) is 0 Å². The highest BCUT2D eigenvalue weighted by atomic mass is 127. The fourth-order valence-electron chi connectivity index (χ4n) is 1.20. The van der Waals surface area contributed by atoms with Gasteiger partial charge in [-0.2, -0.15) is 0 Å². The molecular weight excluding hydrogens is 321 g/mol. The van der Waals surface area contributed by atoms with Crippen LogP contribution in [0.2, 0.25) is 0 Å². The van der Waals surface area contributed by atoms with E-state index in [1.165, 1.54) is 8.47 Å². The molecule has 2 N–H and O–H groups in total. The van der Waals surface area contributed by atoms with Crippen molar-refractivity contribution in [1.29, 1.82) is 0 Å². The Hall–Kier alpha value is -0.620. The molecule has 15 heavy (non-hydrogen) atoms. The van der Waals surface area contributed by atoms with Gasteiger partial charge >= 0.3 is 0 Å². The third-order valence-electron chi connectivity index (χ3n) is 1.99. The van der Waals surface area contributed by atoms with Crippen LogP contribution in [0, 0.1) is 10.5 Å². The quantitative estimate of drug-likeness (QED) is 0.670. The molecule has 0 unspecified atom stereocenters. The third kappa shape index (κ3) is 2.49. The highest BCUT2D eigenvalue weighted by molar-refractivity contribution is 14.1. The fraction of sp³-hybridized carbons (Fsp3) is 0.0909. The van der Waals surface area contributed by atoms with E-state index < -0.39 is 0 Å². The van der Waals surface area contributed by atoms with Crippen molar-refractivity contribution in [2.24, 2.45) is 0 Å². The second-order valence-corrected chi connectivity index (χ2v) is 5.38. The lowest BCUT2D eigenvalue weighted by Crippen LogP contribution is -1.86. The van der Waals surface area contributed by atoms with E-state index in [2.05, 4.69) is 22.6 Å². The molecule has 0 spiro atoms. The smallest absolute Gasteiger partial charge is 0.114 e. The molecule has 0 radical (unpaired) electrons. The number of aryl methyl sites for hydroxylation is 1. The Labute approximate surface area is 106 Å². The van der Waals surface area contributed by atoms with Crippen LogP contribution in [0.5, 0.6) is 0 Å². The van der Waals surface area contributed by atoms with Crippen molar-refractivity contribution >= 4 is 40.0 Å². The van der Waals surface area contributed by atoms with E-state index in [1.807, 2.05) is 31.2 Å². The Morgan fingerprint density at radius 1 is 1.27 bits per heavy atom. The first-order valence-corrected chi connectivity index (χ1v) is 6.33. The van der Waals surface area contributed by atoms with E-state index in [0.717, 1.165) is 16.3 Å². The van der Waals surface area contributed by atoms with Gasteiger partial charge in [0.1, 0.15) is 5.76 Å². The molecule has 0 saturated carbocycles. The largest absolute Gasteiger partial charge is 0.468 e. The first-order valence-electron chi connectivity index (χ1n) is 4.44. The monoisotopic (exact) mass is 331 g/mol. The van der Waals surface area contributed by atoms with E-state index in [-0.39, 0.29) is 0 Å². The predicted molar refractivity (Wildman–Crippen MR) is 71.1 cm³/mol. The van der Waals surface area contributed by atoms with Crippen molar-refractivity contribution in [3.8, 4) is 0 Å². The Balaban J connectivity index is 2.29. The van der Waals surface area contributed by atoms with Gasteiger partial charge in [-0.15, -0.1) is 0 Å². The number of rotatable bonds is 2. The van der Waals surface area contributed by atoms with Crippen molar-refractivity contribution in [3.05, 3.63) is 39.9 Å². The number of furan rings is 1. The van der Waals surface area contributed by atoms with Crippen LogP contribution in [0.25, 0.3) is 0 Å². The van der Waals surface area contributed by atoms with Gasteiger partial charge in [-0.05, 0) is 53.8 Å². The number of benzene rings is 1. The summed E-state index contributed by atoms with van der Waals surface area (Å²) in [5.74, 6) is 0.952. The van der Waals surface area contributed by atoms with Crippen LogP contribution in [0.1, 0.15) is 5.76 Å². The second kappa shape index (κ2) is 4.49. The predicted octanol–water partition coefficient (Wildman–Crippen LogP) is 3.93. The third-order valence-corrected chi connectivity index (χ3v) is 4.46. The molecule has 0 saturated heterocycles. The summed E-state index contributed by atoms with van der Waals surface area (Å²) < 4.78 is 6.42. The summed E-state index contributed by atoms with van der Waals surface area (Å²) >= 11 is 3.99. The summed E-state index contributed by atoms with van der Waals surface area (Å²) in [5, 5.41) is 0. The Morgan fingerprint density at radius 2 is 2.07 bits per heavy atom. The minimum Gasteiger partial charge on any atom is -0.468 e. The topological polar surface area (TPSA) is 39.2 Å². The molecule has 1 aromatic carbocycles. The molecule has 0 fully saturated rings. The van der Waals surface area contributed by atoms with Crippen molar-refractivity contribution in [2.45, 2.75) is 16.7 Å². The minimum atomic E-state index is 0.799. The molecule has 0 aliphatic carbocycles. The summed E-state index contributed by atoms with van der Waals surface area (Å²) in [7, 11) is 0. The summed E-state index contributed by atoms with van der Waals surface area (Å²) in [6.07, 6.45) is 1.71. The first kappa shape index (κ1) is 10.9. The van der Waals surface area contributed by atoms with Gasteiger partial charge in [0.2, 0.25) is 0 Å². The highest BCUT2D eigenvalue weighted by Gasteiger charge is 2.06. The lowest BCUT2D eigenvalue weighted by atomic mass is 10.3. The van der Waals surface area contributed by atoms with Crippen LogP contribution in [-0.4, -0.2) is 0 Å². The van der Waals surface area contributed by atoms with E-state index in [0.29, 0.717) is 0 Å². The fourth-order valence-corrected chi connectivity index (χ4v) is 2.91. The molecule has 0 amide bonds. The zero-order chi connectivity index (χ0) is 10.8. The van der Waals surface area contributed by atoms with E-state index >= 15 is 0 Å². The maximum absolute atomic E-state index is 5.70. The minimum absolute atomic E-state index is 0.799. The van der Waals surface area contributed by atoms with Crippen molar-refractivity contribution in [3.63, 3.8) is 0 Å². The molecular formula is C11H10INOS. The van der Waals surface area contributed by atoms with Crippen LogP contribution in [0.3, 0.4) is 0 Å². The normalized spacial score (nSPS) is 10.5. The van der Waals surface area contributed by atoms with Crippen molar-refractivity contribution in [2.75, 3.05) is 5.73 Å². The van der Waals surface area contributed by atoms with Gasteiger partial charge in [0.15, 0.2) is 0 Å². The molecule has 1 heterocycles. The van der Waals surface area contributed by atoms with Gasteiger partial charge in [0.25, 0.3) is 0 Å². The molecule has 2 rings (SSSR count). The lowest BCUT2D eigenvalue weighted by molar-refractivity contribution is 0.527. The van der Waals surface area contributed by atoms with Crippen LogP contribution < -0.4 is 5.73 Å². The van der Waals surface area contributed by atoms with Crippen molar-refractivity contribution in [1.82, 2.24) is 0 Å². The van der Waals surface area contributed by atoms with Crippen LogP contribution in [0.4, 0.5) is 5.69 Å². The number of nitrogens with two attached hydrogens (primary N) is 1. The molecule has 0 aliphatic heterocycles.